The molecular weight excluding hydrogens is 476 g/mol. The van der Waals surface area contributed by atoms with Crippen LogP contribution in [0.25, 0.3) is 0 Å². The predicted molar refractivity (Wildman–Crippen MR) is 144 cm³/mol. The van der Waals surface area contributed by atoms with Crippen molar-refractivity contribution in [3.8, 4) is 0 Å². The second-order valence-electron chi connectivity index (χ2n) is 10.9. The standard InChI is InChI=1S/C28H36O5SSi/c1-26(2,3)24(29)33-23-18-19-34-28(23,25(30)31-7)20-32-35(27(4,5)6,21-14-10-8-11-15-21)22-16-12-9-13-17-22/h8-19,23H,20H2,1-7H3/t23-,28-/m1/s1. The predicted octanol–water partition coefficient (Wildman–Crippen LogP) is 4.69. The largest absolute Gasteiger partial charge is 0.468 e. The lowest BCUT2D eigenvalue weighted by Gasteiger charge is -2.45. The molecule has 0 bridgehead atoms. The maximum atomic E-state index is 13.3. The number of hydrogen-bond donors (Lipinski definition) is 0. The van der Waals surface area contributed by atoms with Gasteiger partial charge in [-0.3, -0.25) is 9.59 Å². The molecule has 2 aromatic carbocycles. The van der Waals surface area contributed by atoms with E-state index in [4.69, 9.17) is 13.9 Å². The van der Waals surface area contributed by atoms with E-state index in [-0.39, 0.29) is 17.6 Å². The van der Waals surface area contributed by atoms with Crippen molar-refractivity contribution in [3.05, 3.63) is 72.1 Å². The SMILES string of the molecule is COC(=O)[C@]1(CO[Si](c2ccccc2)(c2ccccc2)C(C)(C)C)SC=C[C@H]1OC(=O)C(C)(C)C. The van der Waals surface area contributed by atoms with Crippen molar-refractivity contribution in [1.82, 2.24) is 0 Å². The summed E-state index contributed by atoms with van der Waals surface area (Å²) in [5, 5.41) is 3.75. The quantitative estimate of drug-likeness (QED) is 0.396. The van der Waals surface area contributed by atoms with Gasteiger partial charge in [-0.25, -0.2) is 0 Å². The molecule has 3 rings (SSSR count). The fourth-order valence-electron chi connectivity index (χ4n) is 4.37. The average molecular weight is 513 g/mol. The first-order valence-electron chi connectivity index (χ1n) is 11.8. The van der Waals surface area contributed by atoms with Crippen LogP contribution >= 0.6 is 11.8 Å². The molecule has 0 unspecified atom stereocenters. The van der Waals surface area contributed by atoms with E-state index in [0.29, 0.717) is 0 Å². The number of esters is 2. The summed E-state index contributed by atoms with van der Waals surface area (Å²) in [6, 6.07) is 20.5. The van der Waals surface area contributed by atoms with E-state index in [9.17, 15) is 9.59 Å². The van der Waals surface area contributed by atoms with Crippen LogP contribution in [-0.2, 0) is 23.5 Å². The second-order valence-corrected chi connectivity index (χ2v) is 16.4. The third-order valence-corrected chi connectivity index (χ3v) is 12.5. The first-order valence-corrected chi connectivity index (χ1v) is 14.6. The van der Waals surface area contributed by atoms with Crippen LogP contribution in [0.2, 0.25) is 5.04 Å². The highest BCUT2D eigenvalue weighted by molar-refractivity contribution is 8.04. The summed E-state index contributed by atoms with van der Waals surface area (Å²) in [5.41, 5.74) is -0.707. The number of hydrogen-bond acceptors (Lipinski definition) is 6. The Morgan fingerprint density at radius 1 is 0.914 bits per heavy atom. The molecule has 1 heterocycles. The van der Waals surface area contributed by atoms with E-state index in [1.807, 2.05) is 36.4 Å². The molecule has 0 aromatic heterocycles. The Kier molecular flexibility index (Phi) is 8.04. The number of methoxy groups -OCH3 is 1. The van der Waals surface area contributed by atoms with Gasteiger partial charge in [0.15, 0.2) is 4.75 Å². The molecule has 1 aliphatic heterocycles. The molecule has 0 N–H and O–H groups in total. The summed E-state index contributed by atoms with van der Waals surface area (Å²) < 4.78 is 16.9. The maximum absolute atomic E-state index is 13.3. The zero-order valence-corrected chi connectivity index (χ0v) is 23.5. The Labute approximate surface area is 214 Å². The van der Waals surface area contributed by atoms with Crippen LogP contribution in [0.4, 0.5) is 0 Å². The van der Waals surface area contributed by atoms with E-state index in [0.717, 1.165) is 10.4 Å². The number of thioether (sulfide) groups is 1. The van der Waals surface area contributed by atoms with Crippen molar-refractivity contribution in [1.29, 1.82) is 0 Å². The minimum atomic E-state index is -2.92. The molecule has 0 amide bonds. The molecule has 2 atom stereocenters. The van der Waals surface area contributed by atoms with Crippen LogP contribution in [0.5, 0.6) is 0 Å². The number of carbonyl (C=O) groups is 2. The van der Waals surface area contributed by atoms with Gasteiger partial charge in [0.25, 0.3) is 8.32 Å². The minimum Gasteiger partial charge on any atom is -0.468 e. The summed E-state index contributed by atoms with van der Waals surface area (Å²) in [4.78, 5) is 26.1. The van der Waals surface area contributed by atoms with Crippen molar-refractivity contribution < 1.29 is 23.5 Å². The molecule has 7 heteroatoms. The molecule has 5 nitrogen and oxygen atoms in total. The fraction of sp³-hybridized carbons (Fsp3) is 0.429. The van der Waals surface area contributed by atoms with Gasteiger partial charge in [0, 0.05) is 0 Å². The molecule has 0 radical (unpaired) electrons. The smallest absolute Gasteiger partial charge is 0.328 e. The van der Waals surface area contributed by atoms with Gasteiger partial charge in [-0.1, -0.05) is 81.4 Å². The summed E-state index contributed by atoms with van der Waals surface area (Å²) in [6.07, 6.45) is 0.949. The van der Waals surface area contributed by atoms with Crippen molar-refractivity contribution in [2.45, 2.75) is 57.4 Å². The molecule has 0 aliphatic carbocycles. The lowest BCUT2D eigenvalue weighted by atomic mass is 9.96. The Morgan fingerprint density at radius 2 is 1.43 bits per heavy atom. The first kappa shape index (κ1) is 27.2. The highest BCUT2D eigenvalue weighted by atomic mass is 32.2. The van der Waals surface area contributed by atoms with Crippen molar-refractivity contribution in [3.63, 3.8) is 0 Å². The summed E-state index contributed by atoms with van der Waals surface area (Å²) in [5.74, 6) is -0.856. The van der Waals surface area contributed by atoms with Crippen LogP contribution < -0.4 is 10.4 Å². The lowest BCUT2D eigenvalue weighted by molar-refractivity contribution is -0.162. The average Bonchev–Trinajstić information content (AvgIpc) is 3.22. The van der Waals surface area contributed by atoms with Crippen LogP contribution in [0.15, 0.2) is 72.1 Å². The molecule has 1 aliphatic rings. The van der Waals surface area contributed by atoms with E-state index in [1.165, 1.54) is 18.9 Å². The lowest BCUT2D eigenvalue weighted by Crippen LogP contribution is -2.68. The fourth-order valence-corrected chi connectivity index (χ4v) is 10.1. The van der Waals surface area contributed by atoms with Gasteiger partial charge in [-0.2, -0.15) is 0 Å². The summed E-state index contributed by atoms with van der Waals surface area (Å²) in [6.45, 7) is 12.0. The number of benzene rings is 2. The van der Waals surface area contributed by atoms with Gasteiger partial charge in [0.05, 0.1) is 19.1 Å². The minimum absolute atomic E-state index is 0.0344. The normalized spacial score (nSPS) is 20.5. The number of carbonyl (C=O) groups excluding carboxylic acids is 2. The Bertz CT molecular complexity index is 1020. The molecular formula is C28H36O5SSi. The van der Waals surface area contributed by atoms with Gasteiger partial charge >= 0.3 is 11.9 Å². The molecule has 0 saturated carbocycles. The van der Waals surface area contributed by atoms with Gasteiger partial charge in [-0.15, -0.1) is 11.8 Å². The van der Waals surface area contributed by atoms with Crippen molar-refractivity contribution >= 4 is 42.4 Å². The highest BCUT2D eigenvalue weighted by Crippen LogP contribution is 2.44. The maximum Gasteiger partial charge on any atom is 0.328 e. The van der Waals surface area contributed by atoms with Gasteiger partial charge in [0.1, 0.15) is 6.10 Å². The number of ether oxygens (including phenoxy) is 2. The molecule has 0 spiro atoms. The van der Waals surface area contributed by atoms with Crippen LogP contribution in [0.3, 0.4) is 0 Å². The summed E-state index contributed by atoms with van der Waals surface area (Å²) >= 11 is 1.29. The van der Waals surface area contributed by atoms with Crippen LogP contribution in [-0.4, -0.2) is 44.8 Å². The van der Waals surface area contributed by atoms with Crippen molar-refractivity contribution in [2.75, 3.05) is 13.7 Å². The topological polar surface area (TPSA) is 61.8 Å². The zero-order chi connectivity index (χ0) is 25.9. The molecule has 35 heavy (non-hydrogen) atoms. The van der Waals surface area contributed by atoms with Gasteiger partial charge in [-0.05, 0) is 47.7 Å². The molecule has 2 aromatic rings. The van der Waals surface area contributed by atoms with Crippen LogP contribution in [0.1, 0.15) is 41.5 Å². The second kappa shape index (κ2) is 10.3. The Hall–Kier alpha value is -2.35. The number of rotatable bonds is 7. The van der Waals surface area contributed by atoms with E-state index >= 15 is 0 Å². The third kappa shape index (κ3) is 5.27. The van der Waals surface area contributed by atoms with Gasteiger partial charge in [0.2, 0.25) is 0 Å². The monoisotopic (exact) mass is 512 g/mol. The molecule has 188 valence electrons. The summed E-state index contributed by atoms with van der Waals surface area (Å²) in [7, 11) is -1.56. The Morgan fingerprint density at radius 3 is 1.86 bits per heavy atom. The van der Waals surface area contributed by atoms with E-state index in [1.54, 1.807) is 32.3 Å². The first-order chi connectivity index (χ1) is 16.4. The van der Waals surface area contributed by atoms with Crippen LogP contribution in [0, 0.1) is 5.41 Å². The van der Waals surface area contributed by atoms with E-state index in [2.05, 4.69) is 45.0 Å². The third-order valence-electron chi connectivity index (χ3n) is 6.29. The van der Waals surface area contributed by atoms with E-state index < -0.39 is 30.6 Å². The Balaban J connectivity index is 2.10. The van der Waals surface area contributed by atoms with Crippen molar-refractivity contribution in [2.24, 2.45) is 5.41 Å². The molecule has 0 saturated heterocycles. The zero-order valence-electron chi connectivity index (χ0n) is 21.7. The van der Waals surface area contributed by atoms with Gasteiger partial charge < -0.3 is 13.9 Å². The highest BCUT2D eigenvalue weighted by Gasteiger charge is 2.57. The molecule has 0 fully saturated rings.